The normalized spacial score (nSPS) is 9.66. The Labute approximate surface area is 170 Å². The highest BCUT2D eigenvalue weighted by Crippen LogP contribution is 2.20. The topological polar surface area (TPSA) is 146 Å². The number of carbonyl (C=O) groups excluding carboxylic acids is 2. The summed E-state index contributed by atoms with van der Waals surface area (Å²) in [5.74, 6) is -0.833. The molecule has 2 rings (SSSR count). The van der Waals surface area contributed by atoms with Gasteiger partial charge in [0.1, 0.15) is 5.75 Å². The van der Waals surface area contributed by atoms with Crippen molar-refractivity contribution < 1.29 is 19.2 Å². The van der Waals surface area contributed by atoms with Crippen LogP contribution < -0.4 is 20.9 Å². The van der Waals surface area contributed by atoms with Gasteiger partial charge in [0.2, 0.25) is 0 Å². The molecule has 0 heterocycles. The van der Waals surface area contributed by atoms with Crippen LogP contribution in [0, 0.1) is 28.4 Å². The van der Waals surface area contributed by atoms with Crippen molar-refractivity contribution in [3.8, 4) is 11.8 Å². The first-order valence-electron chi connectivity index (χ1n) is 8.09. The third-order valence-electron chi connectivity index (χ3n) is 3.64. The van der Waals surface area contributed by atoms with E-state index >= 15 is 0 Å². The minimum Gasteiger partial charge on any atom is -0.484 e. The first kappa shape index (κ1) is 21.3. The Morgan fingerprint density at radius 1 is 1.21 bits per heavy atom. The van der Waals surface area contributed by atoms with Gasteiger partial charge < -0.3 is 4.74 Å². The third kappa shape index (κ3) is 5.98. The lowest BCUT2D eigenvalue weighted by Crippen LogP contribution is -2.49. The third-order valence-corrected chi connectivity index (χ3v) is 3.85. The molecule has 10 nitrogen and oxygen atoms in total. The van der Waals surface area contributed by atoms with Crippen LogP contribution >= 0.6 is 12.2 Å². The zero-order chi connectivity index (χ0) is 21.4. The Hall–Kier alpha value is -4.04. The van der Waals surface area contributed by atoms with E-state index in [4.69, 9.17) is 22.2 Å². The Kier molecular flexibility index (Phi) is 7.16. The molecular formula is C18H15N5O5S. The van der Waals surface area contributed by atoms with E-state index in [0.29, 0.717) is 11.3 Å². The van der Waals surface area contributed by atoms with Crippen molar-refractivity contribution >= 4 is 34.8 Å². The summed E-state index contributed by atoms with van der Waals surface area (Å²) in [6.45, 7) is 1.12. The Morgan fingerprint density at radius 3 is 2.52 bits per heavy atom. The van der Waals surface area contributed by atoms with Gasteiger partial charge in [0.05, 0.1) is 16.6 Å². The van der Waals surface area contributed by atoms with E-state index in [2.05, 4.69) is 16.2 Å². The second-order valence-corrected chi connectivity index (χ2v) is 6.00. The van der Waals surface area contributed by atoms with Crippen LogP contribution in [0.4, 0.5) is 5.69 Å². The molecule has 2 aromatic rings. The van der Waals surface area contributed by atoms with E-state index in [1.807, 2.05) is 6.07 Å². The molecule has 2 aromatic carbocycles. The Balaban J connectivity index is 1.82. The van der Waals surface area contributed by atoms with Gasteiger partial charge in [-0.1, -0.05) is 6.07 Å². The lowest BCUT2D eigenvalue weighted by molar-refractivity contribution is -0.385. The van der Waals surface area contributed by atoms with E-state index in [1.54, 1.807) is 24.3 Å². The highest BCUT2D eigenvalue weighted by molar-refractivity contribution is 7.80. The molecule has 0 fully saturated rings. The van der Waals surface area contributed by atoms with Crippen LogP contribution in [0.3, 0.4) is 0 Å². The van der Waals surface area contributed by atoms with E-state index in [1.165, 1.54) is 25.1 Å². The molecule has 0 saturated heterocycles. The summed E-state index contributed by atoms with van der Waals surface area (Å²) in [6, 6.07) is 12.3. The van der Waals surface area contributed by atoms with Crippen LogP contribution in [0.1, 0.15) is 21.5 Å². The fourth-order valence-corrected chi connectivity index (χ4v) is 2.35. The van der Waals surface area contributed by atoms with Crippen molar-refractivity contribution in [1.82, 2.24) is 16.2 Å². The van der Waals surface area contributed by atoms with Gasteiger partial charge in [-0.05, 0) is 49.5 Å². The zero-order valence-electron chi connectivity index (χ0n) is 15.1. The fraction of sp³-hybridized carbons (Fsp3) is 0.111. The lowest BCUT2D eigenvalue weighted by atomic mass is 10.1. The van der Waals surface area contributed by atoms with Gasteiger partial charge in [-0.15, -0.1) is 0 Å². The molecule has 11 heteroatoms. The molecule has 0 atom stereocenters. The molecular weight excluding hydrogens is 398 g/mol. The molecule has 3 N–H and O–H groups in total. The number of rotatable bonds is 5. The molecule has 0 spiro atoms. The molecule has 0 saturated carbocycles. The van der Waals surface area contributed by atoms with E-state index in [0.717, 1.165) is 0 Å². The number of nitro groups is 1. The van der Waals surface area contributed by atoms with Crippen molar-refractivity contribution in [3.05, 3.63) is 69.3 Å². The van der Waals surface area contributed by atoms with Crippen LogP contribution in [-0.2, 0) is 4.79 Å². The van der Waals surface area contributed by atoms with Gasteiger partial charge in [-0.2, -0.15) is 5.26 Å². The average molecular weight is 413 g/mol. The van der Waals surface area contributed by atoms with E-state index in [-0.39, 0.29) is 28.5 Å². The highest BCUT2D eigenvalue weighted by atomic mass is 32.1. The number of nitriles is 1. The number of amides is 2. The number of nitrogens with one attached hydrogen (secondary N) is 3. The largest absolute Gasteiger partial charge is 0.484 e. The molecule has 0 unspecified atom stereocenters. The molecule has 0 bridgehead atoms. The van der Waals surface area contributed by atoms with Gasteiger partial charge in [0.25, 0.3) is 17.5 Å². The van der Waals surface area contributed by atoms with Crippen LogP contribution in [-0.4, -0.2) is 28.5 Å². The van der Waals surface area contributed by atoms with Crippen molar-refractivity contribution in [3.63, 3.8) is 0 Å². The molecule has 0 aliphatic carbocycles. The second-order valence-electron chi connectivity index (χ2n) is 5.59. The number of carbonyl (C=O) groups is 2. The zero-order valence-corrected chi connectivity index (χ0v) is 15.9. The average Bonchev–Trinajstić information content (AvgIpc) is 2.70. The molecule has 0 radical (unpaired) electrons. The maximum absolute atomic E-state index is 12.2. The van der Waals surface area contributed by atoms with Gasteiger partial charge in [0.15, 0.2) is 11.7 Å². The van der Waals surface area contributed by atoms with Gasteiger partial charge in [-0.3, -0.25) is 35.9 Å². The number of ether oxygens (including phenoxy) is 1. The molecule has 29 heavy (non-hydrogen) atoms. The van der Waals surface area contributed by atoms with Crippen molar-refractivity contribution in [2.75, 3.05) is 6.61 Å². The summed E-state index contributed by atoms with van der Waals surface area (Å²) in [4.78, 5) is 34.4. The van der Waals surface area contributed by atoms with Gasteiger partial charge >= 0.3 is 0 Å². The maximum atomic E-state index is 12.2. The summed E-state index contributed by atoms with van der Waals surface area (Å²) < 4.78 is 5.25. The number of hydrazine groups is 1. The predicted octanol–water partition coefficient (Wildman–Crippen LogP) is 1.49. The van der Waals surface area contributed by atoms with Gasteiger partial charge in [0, 0.05) is 17.2 Å². The monoisotopic (exact) mass is 413 g/mol. The van der Waals surface area contributed by atoms with E-state index in [9.17, 15) is 19.7 Å². The van der Waals surface area contributed by atoms with Crippen LogP contribution in [0.25, 0.3) is 0 Å². The smallest absolute Gasteiger partial charge is 0.276 e. The molecule has 2 amide bonds. The van der Waals surface area contributed by atoms with Crippen molar-refractivity contribution in [2.45, 2.75) is 6.92 Å². The minimum atomic E-state index is -0.660. The predicted molar refractivity (Wildman–Crippen MR) is 106 cm³/mol. The van der Waals surface area contributed by atoms with Crippen LogP contribution in [0.2, 0.25) is 0 Å². The molecule has 0 aliphatic heterocycles. The number of nitrogens with zero attached hydrogens (tertiary/aromatic N) is 2. The minimum absolute atomic E-state index is 0.0822. The Morgan fingerprint density at radius 2 is 1.90 bits per heavy atom. The SMILES string of the molecule is Cc1c(C(=O)NC(=S)NNC(=O)COc2ccc(C#N)cc2)cccc1[N+](=O)[O-]. The molecule has 0 aliphatic rings. The summed E-state index contributed by atoms with van der Waals surface area (Å²) in [5.41, 5.74) is 5.13. The number of nitro benzene ring substituents is 1. The van der Waals surface area contributed by atoms with Crippen LogP contribution in [0.5, 0.6) is 5.75 Å². The standard InChI is InChI=1S/C18H15N5O5S/c1-11-14(3-2-4-15(11)23(26)27)17(25)20-18(29)22-21-16(24)10-28-13-7-5-12(9-19)6-8-13/h2-8H,10H2,1H3,(H,21,24)(H2,20,22,25,29). The first-order valence-corrected chi connectivity index (χ1v) is 8.49. The molecule has 0 aromatic heterocycles. The summed E-state index contributed by atoms with van der Waals surface area (Å²) in [7, 11) is 0. The number of hydrogen-bond acceptors (Lipinski definition) is 7. The Bertz CT molecular complexity index is 1000. The quantitative estimate of drug-likeness (QED) is 0.380. The highest BCUT2D eigenvalue weighted by Gasteiger charge is 2.18. The lowest BCUT2D eigenvalue weighted by Gasteiger charge is -2.12. The van der Waals surface area contributed by atoms with Crippen LogP contribution in [0.15, 0.2) is 42.5 Å². The number of benzene rings is 2. The fourth-order valence-electron chi connectivity index (χ4n) is 2.21. The van der Waals surface area contributed by atoms with E-state index < -0.39 is 16.7 Å². The summed E-state index contributed by atoms with van der Waals surface area (Å²) in [6.07, 6.45) is 0. The number of hydrogen-bond donors (Lipinski definition) is 3. The van der Waals surface area contributed by atoms with Crippen molar-refractivity contribution in [2.24, 2.45) is 0 Å². The first-order chi connectivity index (χ1) is 13.8. The maximum Gasteiger partial charge on any atom is 0.276 e. The summed E-state index contributed by atoms with van der Waals surface area (Å²) in [5, 5.41) is 21.8. The van der Waals surface area contributed by atoms with Crippen molar-refractivity contribution in [1.29, 1.82) is 5.26 Å². The van der Waals surface area contributed by atoms with Gasteiger partial charge in [-0.25, -0.2) is 0 Å². The second kappa shape index (κ2) is 9.77. The molecule has 148 valence electrons. The summed E-state index contributed by atoms with van der Waals surface area (Å²) >= 11 is 4.92. The number of thiocarbonyl (C=S) groups is 1.